The number of nitrogens with one attached hydrogen (secondary N) is 1. The number of benzene rings is 1. The number of methoxy groups -OCH3 is 1. The summed E-state index contributed by atoms with van der Waals surface area (Å²) in [5.41, 5.74) is 1.16. The molecule has 0 spiro atoms. The van der Waals surface area contributed by atoms with Crippen molar-refractivity contribution < 1.29 is 9.53 Å². The van der Waals surface area contributed by atoms with Crippen molar-refractivity contribution >= 4 is 5.91 Å². The monoisotopic (exact) mass is 250 g/mol. The summed E-state index contributed by atoms with van der Waals surface area (Å²) in [4.78, 5) is 13.6. The fraction of sp³-hybridized carbons (Fsp3) is 0.500. The van der Waals surface area contributed by atoms with Crippen LogP contribution >= 0.6 is 0 Å². The summed E-state index contributed by atoms with van der Waals surface area (Å²) < 4.78 is 5.10. The zero-order valence-corrected chi connectivity index (χ0v) is 11.4. The lowest BCUT2D eigenvalue weighted by atomic mass is 10.1. The maximum atomic E-state index is 11.8. The molecule has 18 heavy (non-hydrogen) atoms. The molecule has 1 amide bonds. The van der Waals surface area contributed by atoms with Crippen molar-refractivity contribution in [1.82, 2.24) is 10.2 Å². The van der Waals surface area contributed by atoms with E-state index in [1.807, 2.05) is 38.4 Å². The zero-order valence-electron chi connectivity index (χ0n) is 11.4. The fourth-order valence-electron chi connectivity index (χ4n) is 1.64. The molecule has 4 heteroatoms. The van der Waals surface area contributed by atoms with Crippen molar-refractivity contribution in [3.63, 3.8) is 0 Å². The second kappa shape index (κ2) is 7.71. The van der Waals surface area contributed by atoms with Crippen molar-refractivity contribution in [2.45, 2.75) is 12.8 Å². The maximum Gasteiger partial charge on any atom is 0.222 e. The molecule has 0 radical (unpaired) electrons. The minimum Gasteiger partial charge on any atom is -0.497 e. The summed E-state index contributed by atoms with van der Waals surface area (Å²) in [6, 6.07) is 7.84. The zero-order chi connectivity index (χ0) is 13.4. The molecule has 1 aromatic carbocycles. The molecule has 0 bridgehead atoms. The Morgan fingerprint density at radius 1 is 1.33 bits per heavy atom. The molecule has 1 aromatic rings. The van der Waals surface area contributed by atoms with Crippen LogP contribution in [0.4, 0.5) is 0 Å². The van der Waals surface area contributed by atoms with E-state index in [0.717, 1.165) is 30.8 Å². The highest BCUT2D eigenvalue weighted by atomic mass is 16.5. The van der Waals surface area contributed by atoms with Gasteiger partial charge in [0, 0.05) is 26.6 Å². The molecule has 0 saturated heterocycles. The lowest BCUT2D eigenvalue weighted by molar-refractivity contribution is -0.129. The Balaban J connectivity index is 2.37. The van der Waals surface area contributed by atoms with Gasteiger partial charge in [-0.1, -0.05) is 12.1 Å². The minimum absolute atomic E-state index is 0.182. The lowest BCUT2D eigenvalue weighted by Crippen LogP contribution is -2.32. The number of aryl methyl sites for hydroxylation is 1. The quantitative estimate of drug-likeness (QED) is 0.793. The van der Waals surface area contributed by atoms with Gasteiger partial charge < -0.3 is 15.0 Å². The van der Waals surface area contributed by atoms with E-state index < -0.39 is 0 Å². The number of likely N-dealkylation sites (N-methyl/N-ethyl adjacent to an activating group) is 2. The van der Waals surface area contributed by atoms with Gasteiger partial charge in [-0.05, 0) is 31.2 Å². The van der Waals surface area contributed by atoms with E-state index in [1.165, 1.54) is 0 Å². The molecule has 0 saturated carbocycles. The summed E-state index contributed by atoms with van der Waals surface area (Å²) in [6.07, 6.45) is 1.32. The first-order valence-corrected chi connectivity index (χ1v) is 6.19. The van der Waals surface area contributed by atoms with Gasteiger partial charge in [0.2, 0.25) is 5.91 Å². The average Bonchev–Trinajstić information content (AvgIpc) is 2.42. The molecule has 0 heterocycles. The summed E-state index contributed by atoms with van der Waals surface area (Å²) >= 11 is 0. The van der Waals surface area contributed by atoms with Crippen molar-refractivity contribution in [3.05, 3.63) is 29.8 Å². The van der Waals surface area contributed by atoms with E-state index in [9.17, 15) is 4.79 Å². The van der Waals surface area contributed by atoms with E-state index in [2.05, 4.69) is 5.32 Å². The van der Waals surface area contributed by atoms with Crippen LogP contribution in [-0.4, -0.2) is 45.1 Å². The van der Waals surface area contributed by atoms with Gasteiger partial charge in [0.05, 0.1) is 7.11 Å². The lowest BCUT2D eigenvalue weighted by Gasteiger charge is -2.16. The van der Waals surface area contributed by atoms with Gasteiger partial charge in [-0.3, -0.25) is 4.79 Å². The smallest absolute Gasteiger partial charge is 0.222 e. The molecule has 0 unspecified atom stereocenters. The molecule has 0 aromatic heterocycles. The topological polar surface area (TPSA) is 41.6 Å². The third kappa shape index (κ3) is 4.75. The molecule has 1 rings (SSSR count). The number of hydrogen-bond acceptors (Lipinski definition) is 3. The van der Waals surface area contributed by atoms with Crippen molar-refractivity contribution in [2.75, 3.05) is 34.3 Å². The highest BCUT2D eigenvalue weighted by molar-refractivity contribution is 5.76. The van der Waals surface area contributed by atoms with E-state index in [4.69, 9.17) is 4.74 Å². The standard InChI is InChI=1S/C14H22N2O2/c1-15-10-11-16(2)14(17)9-6-12-4-7-13(18-3)8-5-12/h4-5,7-8,15H,6,9-11H2,1-3H3. The van der Waals surface area contributed by atoms with Crippen molar-refractivity contribution in [3.8, 4) is 5.75 Å². The van der Waals surface area contributed by atoms with Crippen LogP contribution in [0.1, 0.15) is 12.0 Å². The minimum atomic E-state index is 0.182. The average molecular weight is 250 g/mol. The van der Waals surface area contributed by atoms with Gasteiger partial charge in [-0.25, -0.2) is 0 Å². The number of nitrogens with zero attached hydrogens (tertiary/aromatic N) is 1. The van der Waals surface area contributed by atoms with Gasteiger partial charge in [0.1, 0.15) is 5.75 Å². The van der Waals surface area contributed by atoms with Crippen LogP contribution in [0.25, 0.3) is 0 Å². The fourth-order valence-corrected chi connectivity index (χ4v) is 1.64. The van der Waals surface area contributed by atoms with Crippen LogP contribution in [0.3, 0.4) is 0 Å². The van der Waals surface area contributed by atoms with Crippen molar-refractivity contribution in [1.29, 1.82) is 0 Å². The van der Waals surface area contributed by atoms with E-state index in [-0.39, 0.29) is 5.91 Å². The molecule has 0 atom stereocenters. The Labute approximate surface area is 109 Å². The molecule has 1 N–H and O–H groups in total. The molecule has 4 nitrogen and oxygen atoms in total. The number of ether oxygens (including phenoxy) is 1. The highest BCUT2D eigenvalue weighted by Crippen LogP contribution is 2.12. The molecular weight excluding hydrogens is 228 g/mol. The van der Waals surface area contributed by atoms with Gasteiger partial charge in [0.15, 0.2) is 0 Å². The summed E-state index contributed by atoms with van der Waals surface area (Å²) in [7, 11) is 5.37. The normalized spacial score (nSPS) is 10.2. The Morgan fingerprint density at radius 2 is 2.00 bits per heavy atom. The van der Waals surface area contributed by atoms with Crippen molar-refractivity contribution in [2.24, 2.45) is 0 Å². The van der Waals surface area contributed by atoms with Gasteiger partial charge in [0.25, 0.3) is 0 Å². The molecule has 0 fully saturated rings. The van der Waals surface area contributed by atoms with E-state index in [1.54, 1.807) is 12.0 Å². The summed E-state index contributed by atoms with van der Waals surface area (Å²) in [6.45, 7) is 1.57. The Bertz CT molecular complexity index is 363. The van der Waals surface area contributed by atoms with Gasteiger partial charge in [-0.15, -0.1) is 0 Å². The van der Waals surface area contributed by atoms with Crippen LogP contribution in [0.15, 0.2) is 24.3 Å². The first-order valence-electron chi connectivity index (χ1n) is 6.19. The Kier molecular flexibility index (Phi) is 6.22. The predicted octanol–water partition coefficient (Wildman–Crippen LogP) is 1.31. The summed E-state index contributed by atoms with van der Waals surface area (Å²) in [5.74, 6) is 1.03. The second-order valence-corrected chi connectivity index (χ2v) is 4.27. The SMILES string of the molecule is CNCCN(C)C(=O)CCc1ccc(OC)cc1. The Morgan fingerprint density at radius 3 is 2.56 bits per heavy atom. The second-order valence-electron chi connectivity index (χ2n) is 4.27. The van der Waals surface area contributed by atoms with Gasteiger partial charge in [-0.2, -0.15) is 0 Å². The molecule has 0 aliphatic rings. The van der Waals surface area contributed by atoms with Crippen LogP contribution in [0.2, 0.25) is 0 Å². The van der Waals surface area contributed by atoms with Crippen LogP contribution in [0, 0.1) is 0 Å². The third-order valence-corrected chi connectivity index (χ3v) is 2.91. The van der Waals surface area contributed by atoms with E-state index >= 15 is 0 Å². The van der Waals surface area contributed by atoms with Gasteiger partial charge >= 0.3 is 0 Å². The first-order chi connectivity index (χ1) is 8.67. The van der Waals surface area contributed by atoms with Crippen LogP contribution < -0.4 is 10.1 Å². The number of carbonyl (C=O) groups excluding carboxylic acids is 1. The number of hydrogen-bond donors (Lipinski definition) is 1. The van der Waals surface area contributed by atoms with E-state index in [0.29, 0.717) is 6.42 Å². The van der Waals surface area contributed by atoms with Crippen LogP contribution in [-0.2, 0) is 11.2 Å². The summed E-state index contributed by atoms with van der Waals surface area (Å²) in [5, 5.41) is 3.03. The maximum absolute atomic E-state index is 11.8. The number of rotatable bonds is 7. The highest BCUT2D eigenvalue weighted by Gasteiger charge is 2.07. The molecular formula is C14H22N2O2. The number of carbonyl (C=O) groups is 1. The predicted molar refractivity (Wildman–Crippen MR) is 72.9 cm³/mol. The third-order valence-electron chi connectivity index (χ3n) is 2.91. The molecule has 0 aliphatic heterocycles. The largest absolute Gasteiger partial charge is 0.497 e. The van der Waals surface area contributed by atoms with Crippen LogP contribution in [0.5, 0.6) is 5.75 Å². The first kappa shape index (κ1) is 14.5. The molecule has 0 aliphatic carbocycles. The Hall–Kier alpha value is -1.55. The molecule has 100 valence electrons. The number of amides is 1.